The number of carbonyl (C=O) groups is 1. The molecule has 1 N–H and O–H groups in total. The van der Waals surface area contributed by atoms with E-state index < -0.39 is 0 Å². The van der Waals surface area contributed by atoms with E-state index in [4.69, 9.17) is 0 Å². The number of halogens is 1. The summed E-state index contributed by atoms with van der Waals surface area (Å²) in [5, 5.41) is 9.40. The second-order valence-corrected chi connectivity index (χ2v) is 7.81. The summed E-state index contributed by atoms with van der Waals surface area (Å²) in [4.78, 5) is 28.1. The molecule has 2 aromatic rings. The zero-order valence-corrected chi connectivity index (χ0v) is 17.2. The van der Waals surface area contributed by atoms with E-state index in [9.17, 15) is 9.59 Å². The average molecular weight is 405 g/mol. The average Bonchev–Trinajstić information content (AvgIpc) is 3.02. The van der Waals surface area contributed by atoms with Gasteiger partial charge in [-0.25, -0.2) is 4.68 Å². The third kappa shape index (κ3) is 4.08. The molecule has 152 valence electrons. The van der Waals surface area contributed by atoms with Crippen molar-refractivity contribution >= 4 is 29.1 Å². The smallest absolute Gasteiger partial charge is 0.275 e. The molecule has 1 aromatic heterocycles. The Morgan fingerprint density at radius 1 is 1.14 bits per heavy atom. The van der Waals surface area contributed by atoms with Gasteiger partial charge in [0.25, 0.3) is 11.5 Å². The fraction of sp³-hybridized carbons (Fsp3) is 0.571. The van der Waals surface area contributed by atoms with Gasteiger partial charge in [-0.2, -0.15) is 5.10 Å². The normalized spacial score (nSPS) is 21.4. The summed E-state index contributed by atoms with van der Waals surface area (Å²) in [7, 11) is 0. The first-order valence-electron chi connectivity index (χ1n) is 10.2. The molecular formula is C21H29ClN4O2. The van der Waals surface area contributed by atoms with Gasteiger partial charge >= 0.3 is 0 Å². The number of aryl methyl sites for hydroxylation is 1. The van der Waals surface area contributed by atoms with Crippen LogP contribution in [0.3, 0.4) is 0 Å². The van der Waals surface area contributed by atoms with Crippen LogP contribution in [-0.4, -0.2) is 45.8 Å². The van der Waals surface area contributed by atoms with Crippen molar-refractivity contribution in [2.24, 2.45) is 0 Å². The van der Waals surface area contributed by atoms with Gasteiger partial charge in [-0.1, -0.05) is 38.0 Å². The van der Waals surface area contributed by atoms with Crippen molar-refractivity contribution in [2.75, 3.05) is 13.1 Å². The summed E-state index contributed by atoms with van der Waals surface area (Å²) < 4.78 is 1.49. The summed E-state index contributed by atoms with van der Waals surface area (Å²) in [6, 6.07) is 8.27. The van der Waals surface area contributed by atoms with Crippen LogP contribution in [0.15, 0.2) is 29.1 Å². The molecule has 1 amide bonds. The molecule has 2 fully saturated rings. The van der Waals surface area contributed by atoms with Gasteiger partial charge in [-0.05, 0) is 31.7 Å². The first-order chi connectivity index (χ1) is 13.2. The van der Waals surface area contributed by atoms with E-state index in [1.165, 1.54) is 11.1 Å². The van der Waals surface area contributed by atoms with Gasteiger partial charge < -0.3 is 10.2 Å². The minimum absolute atomic E-state index is 0. The lowest BCUT2D eigenvalue weighted by Crippen LogP contribution is -2.40. The lowest BCUT2D eigenvalue weighted by Gasteiger charge is -2.24. The van der Waals surface area contributed by atoms with Crippen molar-refractivity contribution < 1.29 is 4.79 Å². The Balaban J connectivity index is 0.00000225. The highest BCUT2D eigenvalue weighted by molar-refractivity contribution is 6.04. The maximum Gasteiger partial charge on any atom is 0.275 e. The molecule has 4 rings (SSSR count). The lowest BCUT2D eigenvalue weighted by atomic mass is 10.1. The molecule has 2 unspecified atom stereocenters. The number of rotatable bonds is 5. The van der Waals surface area contributed by atoms with Crippen LogP contribution in [0.2, 0.25) is 0 Å². The number of amides is 1. The molecule has 0 aliphatic carbocycles. The second-order valence-electron chi connectivity index (χ2n) is 7.81. The van der Waals surface area contributed by atoms with E-state index in [0.717, 1.165) is 45.2 Å². The number of nitrogens with zero attached hydrogens (tertiary/aromatic N) is 3. The third-order valence-electron chi connectivity index (χ3n) is 5.85. The van der Waals surface area contributed by atoms with E-state index in [-0.39, 0.29) is 23.9 Å². The first kappa shape index (κ1) is 20.8. The van der Waals surface area contributed by atoms with Crippen molar-refractivity contribution in [2.45, 2.75) is 64.1 Å². The van der Waals surface area contributed by atoms with Crippen LogP contribution in [-0.2, 0) is 6.54 Å². The Hall–Kier alpha value is -1.92. The van der Waals surface area contributed by atoms with Crippen molar-refractivity contribution in [3.05, 3.63) is 40.3 Å². The van der Waals surface area contributed by atoms with Crippen molar-refractivity contribution in [3.63, 3.8) is 0 Å². The standard InChI is InChI=1S/C21H28N4O2.ClH/c1-2-3-6-12-25-20(26)18-8-5-4-7-17(18)19(23-25)21(27)24-13-11-15-9-10-16(14-24)22-15;/h4-5,7-8,15-16,22H,2-3,6,9-14H2,1H3;1H. The maximum atomic E-state index is 13.4. The topological polar surface area (TPSA) is 67.2 Å². The van der Waals surface area contributed by atoms with Gasteiger partial charge in [0.15, 0.2) is 5.69 Å². The van der Waals surface area contributed by atoms with Crippen LogP contribution in [0, 0.1) is 0 Å². The number of benzene rings is 1. The second kappa shape index (κ2) is 9.05. The molecule has 0 saturated carbocycles. The first-order valence-corrected chi connectivity index (χ1v) is 10.2. The summed E-state index contributed by atoms with van der Waals surface area (Å²) in [6.45, 7) is 4.16. The Morgan fingerprint density at radius 3 is 2.68 bits per heavy atom. The van der Waals surface area contributed by atoms with E-state index in [2.05, 4.69) is 17.3 Å². The Kier molecular flexibility index (Phi) is 6.73. The molecule has 0 spiro atoms. The monoisotopic (exact) mass is 404 g/mol. The van der Waals surface area contributed by atoms with Crippen molar-refractivity contribution in [1.82, 2.24) is 20.0 Å². The Bertz CT molecular complexity index is 898. The summed E-state index contributed by atoms with van der Waals surface area (Å²) in [5.74, 6) is -0.0511. The number of likely N-dealkylation sites (tertiary alicyclic amines) is 1. The predicted octanol–water partition coefficient (Wildman–Crippen LogP) is 2.98. The minimum atomic E-state index is -0.102. The highest BCUT2D eigenvalue weighted by Gasteiger charge is 2.32. The predicted molar refractivity (Wildman–Crippen MR) is 113 cm³/mol. The summed E-state index contributed by atoms with van der Waals surface area (Å²) in [5.41, 5.74) is 0.314. The molecule has 2 aliphatic rings. The van der Waals surface area contributed by atoms with Gasteiger partial charge in [-0.15, -0.1) is 12.4 Å². The van der Waals surface area contributed by atoms with Crippen LogP contribution in [0.4, 0.5) is 0 Å². The number of carbonyl (C=O) groups excluding carboxylic acids is 1. The zero-order valence-electron chi connectivity index (χ0n) is 16.4. The Labute approximate surface area is 171 Å². The van der Waals surface area contributed by atoms with Crippen LogP contribution in [0.1, 0.15) is 55.9 Å². The summed E-state index contributed by atoms with van der Waals surface area (Å²) >= 11 is 0. The molecule has 7 heteroatoms. The van der Waals surface area contributed by atoms with E-state index in [1.807, 2.05) is 23.1 Å². The number of fused-ring (bicyclic) bond motifs is 3. The molecule has 1 aromatic carbocycles. The number of hydrogen-bond acceptors (Lipinski definition) is 4. The van der Waals surface area contributed by atoms with E-state index >= 15 is 0 Å². The van der Waals surface area contributed by atoms with Crippen LogP contribution < -0.4 is 10.9 Å². The number of nitrogens with one attached hydrogen (secondary N) is 1. The maximum absolute atomic E-state index is 13.4. The molecule has 2 bridgehead atoms. The van der Waals surface area contributed by atoms with Crippen LogP contribution in [0.25, 0.3) is 10.8 Å². The molecule has 2 atom stereocenters. The minimum Gasteiger partial charge on any atom is -0.336 e. The molecule has 6 nitrogen and oxygen atoms in total. The number of hydrogen-bond donors (Lipinski definition) is 1. The van der Waals surface area contributed by atoms with Gasteiger partial charge in [0.2, 0.25) is 0 Å². The zero-order chi connectivity index (χ0) is 18.8. The van der Waals surface area contributed by atoms with Crippen molar-refractivity contribution in [3.8, 4) is 0 Å². The van der Waals surface area contributed by atoms with Gasteiger partial charge in [-0.3, -0.25) is 9.59 Å². The molecule has 0 radical (unpaired) electrons. The van der Waals surface area contributed by atoms with E-state index in [1.54, 1.807) is 6.07 Å². The largest absolute Gasteiger partial charge is 0.336 e. The number of unbranched alkanes of at least 4 members (excludes halogenated alkanes) is 2. The third-order valence-corrected chi connectivity index (χ3v) is 5.85. The molecule has 28 heavy (non-hydrogen) atoms. The highest BCUT2D eigenvalue weighted by atomic mass is 35.5. The fourth-order valence-corrected chi connectivity index (χ4v) is 4.33. The van der Waals surface area contributed by atoms with Crippen molar-refractivity contribution in [1.29, 1.82) is 0 Å². The van der Waals surface area contributed by atoms with Crippen LogP contribution in [0.5, 0.6) is 0 Å². The Morgan fingerprint density at radius 2 is 1.89 bits per heavy atom. The molecule has 2 aliphatic heterocycles. The molecule has 3 heterocycles. The van der Waals surface area contributed by atoms with Gasteiger partial charge in [0.1, 0.15) is 0 Å². The summed E-state index contributed by atoms with van der Waals surface area (Å²) in [6.07, 6.45) is 6.33. The number of aromatic nitrogens is 2. The van der Waals surface area contributed by atoms with Gasteiger partial charge in [0, 0.05) is 37.1 Å². The SMILES string of the molecule is CCCCCn1nc(C(=O)N2CCC3CCC(C2)N3)c2ccccc2c1=O.Cl. The fourth-order valence-electron chi connectivity index (χ4n) is 4.33. The van der Waals surface area contributed by atoms with Crippen LogP contribution >= 0.6 is 12.4 Å². The highest BCUT2D eigenvalue weighted by Crippen LogP contribution is 2.23. The molecular weight excluding hydrogens is 376 g/mol. The lowest BCUT2D eigenvalue weighted by molar-refractivity contribution is 0.0741. The quantitative estimate of drug-likeness (QED) is 0.778. The van der Waals surface area contributed by atoms with Gasteiger partial charge in [0.05, 0.1) is 5.39 Å². The van der Waals surface area contributed by atoms with E-state index in [0.29, 0.717) is 35.1 Å². The molecule has 2 saturated heterocycles.